The molecule has 7 heteroatoms. The first kappa shape index (κ1) is 17.1. The third-order valence-electron chi connectivity index (χ3n) is 3.46. The molecule has 0 saturated heterocycles. The Hall–Kier alpha value is -2.77. The topological polar surface area (TPSA) is 63.8 Å². The van der Waals surface area contributed by atoms with Crippen molar-refractivity contribution in [3.8, 4) is 11.6 Å². The molecule has 0 aliphatic carbocycles. The zero-order valence-corrected chi connectivity index (χ0v) is 14.9. The number of aromatic hydroxyl groups is 1. The lowest BCUT2D eigenvalue weighted by atomic mass is 10.2. The number of rotatable bonds is 4. The number of thiazole rings is 1. The minimum Gasteiger partial charge on any atom is -0.493 e. The molecular weight excluding hydrogens is 356 g/mol. The second-order valence-corrected chi connectivity index (χ2v) is 6.67. The second kappa shape index (κ2) is 7.42. The fourth-order valence-corrected chi connectivity index (χ4v) is 3.49. The molecule has 1 N–H and O–H groups in total. The van der Waals surface area contributed by atoms with E-state index in [9.17, 15) is 9.90 Å². The minimum absolute atomic E-state index is 0.0144. The Balaban J connectivity index is 1.99. The lowest BCUT2D eigenvalue weighted by Gasteiger charge is -2.04. The van der Waals surface area contributed by atoms with Crippen molar-refractivity contribution in [1.82, 2.24) is 4.57 Å². The van der Waals surface area contributed by atoms with E-state index in [1.807, 2.05) is 30.3 Å². The molecule has 0 amide bonds. The SMILES string of the molecule is COC(=O)c1ccccc1N=Cc1sc(=S)n(-c2ccccc2)c1O. The predicted octanol–water partition coefficient (Wildman–Crippen LogP) is 4.51. The molecule has 3 rings (SSSR count). The summed E-state index contributed by atoms with van der Waals surface area (Å²) in [6, 6.07) is 16.2. The first-order chi connectivity index (χ1) is 12.1. The van der Waals surface area contributed by atoms with Gasteiger partial charge in [-0.3, -0.25) is 9.56 Å². The number of hydrogen-bond acceptors (Lipinski definition) is 6. The van der Waals surface area contributed by atoms with Crippen molar-refractivity contribution in [2.75, 3.05) is 7.11 Å². The van der Waals surface area contributed by atoms with Crippen LogP contribution in [0.4, 0.5) is 5.69 Å². The summed E-state index contributed by atoms with van der Waals surface area (Å²) in [5.41, 5.74) is 1.59. The third-order valence-corrected chi connectivity index (χ3v) is 4.75. The van der Waals surface area contributed by atoms with Gasteiger partial charge >= 0.3 is 5.97 Å². The molecule has 0 fully saturated rings. The van der Waals surface area contributed by atoms with Crippen molar-refractivity contribution < 1.29 is 14.6 Å². The van der Waals surface area contributed by atoms with Crippen LogP contribution >= 0.6 is 23.6 Å². The van der Waals surface area contributed by atoms with Crippen molar-refractivity contribution in [2.45, 2.75) is 0 Å². The molecule has 2 aromatic carbocycles. The van der Waals surface area contributed by atoms with Crippen LogP contribution in [0.3, 0.4) is 0 Å². The molecule has 0 spiro atoms. The van der Waals surface area contributed by atoms with Gasteiger partial charge in [-0.2, -0.15) is 0 Å². The third kappa shape index (κ3) is 3.52. The number of methoxy groups -OCH3 is 1. The van der Waals surface area contributed by atoms with Crippen molar-refractivity contribution in [2.24, 2.45) is 4.99 Å². The molecular formula is C18H14N2O3S2. The molecule has 3 aromatic rings. The molecule has 25 heavy (non-hydrogen) atoms. The standard InChI is InChI=1S/C18H14N2O3S2/c1-23-17(22)13-9-5-6-10-14(13)19-11-15-16(21)20(18(24)25-15)12-7-3-2-4-8-12/h2-11,21H,1H3. The van der Waals surface area contributed by atoms with Gasteiger partial charge in [-0.05, 0) is 36.5 Å². The van der Waals surface area contributed by atoms with Gasteiger partial charge in [0.2, 0.25) is 5.88 Å². The Kier molecular flexibility index (Phi) is 5.06. The van der Waals surface area contributed by atoms with Crippen LogP contribution in [0.2, 0.25) is 0 Å². The van der Waals surface area contributed by atoms with Gasteiger partial charge in [0.25, 0.3) is 0 Å². The van der Waals surface area contributed by atoms with E-state index in [2.05, 4.69) is 4.99 Å². The molecule has 0 aliphatic heterocycles. The van der Waals surface area contributed by atoms with Crippen LogP contribution < -0.4 is 0 Å². The molecule has 0 atom stereocenters. The Bertz CT molecular complexity index is 991. The van der Waals surface area contributed by atoms with Crippen LogP contribution in [0.1, 0.15) is 15.2 Å². The zero-order chi connectivity index (χ0) is 17.8. The Morgan fingerprint density at radius 2 is 1.88 bits per heavy atom. The van der Waals surface area contributed by atoms with Crippen molar-refractivity contribution >= 4 is 41.4 Å². The maximum Gasteiger partial charge on any atom is 0.340 e. The van der Waals surface area contributed by atoms with Crippen molar-refractivity contribution in [3.63, 3.8) is 0 Å². The first-order valence-electron chi connectivity index (χ1n) is 7.33. The molecule has 5 nitrogen and oxygen atoms in total. The smallest absolute Gasteiger partial charge is 0.340 e. The largest absolute Gasteiger partial charge is 0.493 e. The fraction of sp³-hybridized carbons (Fsp3) is 0.0556. The fourth-order valence-electron chi connectivity index (χ4n) is 2.27. The number of para-hydroxylation sites is 2. The highest BCUT2D eigenvalue weighted by Gasteiger charge is 2.13. The summed E-state index contributed by atoms with van der Waals surface area (Å²) in [5.74, 6) is -0.452. The second-order valence-electron chi connectivity index (χ2n) is 4.99. The number of esters is 1. The number of hydrogen-bond donors (Lipinski definition) is 1. The van der Waals surface area contributed by atoms with Gasteiger partial charge in [-0.1, -0.05) is 41.7 Å². The van der Waals surface area contributed by atoms with Crippen LogP contribution in [0, 0.1) is 3.95 Å². The lowest BCUT2D eigenvalue weighted by molar-refractivity contribution is 0.0601. The normalized spacial score (nSPS) is 10.9. The van der Waals surface area contributed by atoms with Gasteiger partial charge in [0, 0.05) is 0 Å². The monoisotopic (exact) mass is 370 g/mol. The van der Waals surface area contributed by atoms with Gasteiger partial charge in [0.05, 0.1) is 30.3 Å². The summed E-state index contributed by atoms with van der Waals surface area (Å²) in [4.78, 5) is 16.6. The van der Waals surface area contributed by atoms with Gasteiger partial charge < -0.3 is 9.84 Å². The minimum atomic E-state index is -0.466. The summed E-state index contributed by atoms with van der Waals surface area (Å²) in [6.07, 6.45) is 1.50. The Morgan fingerprint density at radius 1 is 1.20 bits per heavy atom. The van der Waals surface area contributed by atoms with Gasteiger partial charge in [0.1, 0.15) is 4.88 Å². The quantitative estimate of drug-likeness (QED) is 0.417. The molecule has 0 radical (unpaired) electrons. The van der Waals surface area contributed by atoms with Crippen LogP contribution in [-0.2, 0) is 4.74 Å². The molecule has 0 unspecified atom stereocenters. The van der Waals surface area contributed by atoms with E-state index >= 15 is 0 Å². The number of carbonyl (C=O) groups is 1. The Morgan fingerprint density at radius 3 is 2.60 bits per heavy atom. The van der Waals surface area contributed by atoms with Gasteiger partial charge in [-0.15, -0.1) is 0 Å². The number of nitrogens with zero attached hydrogens (tertiary/aromatic N) is 2. The average Bonchev–Trinajstić information content (AvgIpc) is 2.93. The number of ether oxygens (including phenoxy) is 1. The maximum atomic E-state index is 11.8. The number of aliphatic imine (C=N–C) groups is 1. The van der Waals surface area contributed by atoms with Crippen LogP contribution in [0.15, 0.2) is 59.6 Å². The predicted molar refractivity (Wildman–Crippen MR) is 101 cm³/mol. The van der Waals surface area contributed by atoms with Crippen molar-refractivity contribution in [1.29, 1.82) is 0 Å². The van der Waals surface area contributed by atoms with Crippen LogP contribution in [-0.4, -0.2) is 29.0 Å². The van der Waals surface area contributed by atoms with E-state index in [4.69, 9.17) is 17.0 Å². The average molecular weight is 370 g/mol. The maximum absolute atomic E-state index is 11.8. The van der Waals surface area contributed by atoms with E-state index in [0.717, 1.165) is 5.69 Å². The highest BCUT2D eigenvalue weighted by atomic mass is 32.1. The number of benzene rings is 2. The van der Waals surface area contributed by atoms with E-state index < -0.39 is 5.97 Å². The summed E-state index contributed by atoms with van der Waals surface area (Å²) in [6.45, 7) is 0. The molecule has 0 aliphatic rings. The van der Waals surface area contributed by atoms with Gasteiger partial charge in [-0.25, -0.2) is 4.79 Å². The summed E-state index contributed by atoms with van der Waals surface area (Å²) in [5, 5.41) is 10.5. The van der Waals surface area contributed by atoms with E-state index in [1.165, 1.54) is 24.7 Å². The summed E-state index contributed by atoms with van der Waals surface area (Å²) in [7, 11) is 1.32. The molecule has 126 valence electrons. The van der Waals surface area contributed by atoms with Crippen LogP contribution in [0.25, 0.3) is 5.69 Å². The highest BCUT2D eigenvalue weighted by Crippen LogP contribution is 2.29. The molecule has 1 heterocycles. The zero-order valence-electron chi connectivity index (χ0n) is 13.2. The highest BCUT2D eigenvalue weighted by molar-refractivity contribution is 7.73. The van der Waals surface area contributed by atoms with E-state index in [0.29, 0.717) is 20.1 Å². The van der Waals surface area contributed by atoms with E-state index in [-0.39, 0.29) is 5.88 Å². The van der Waals surface area contributed by atoms with Gasteiger partial charge in [0.15, 0.2) is 3.95 Å². The summed E-state index contributed by atoms with van der Waals surface area (Å²) >= 11 is 6.58. The van der Waals surface area contributed by atoms with Crippen molar-refractivity contribution in [3.05, 3.63) is 69.0 Å². The Labute approximate surface area is 153 Å². The lowest BCUT2D eigenvalue weighted by Crippen LogP contribution is -2.01. The van der Waals surface area contributed by atoms with Crippen LogP contribution in [0.5, 0.6) is 5.88 Å². The van der Waals surface area contributed by atoms with E-state index in [1.54, 1.807) is 28.8 Å². The first-order valence-corrected chi connectivity index (χ1v) is 8.56. The summed E-state index contributed by atoms with van der Waals surface area (Å²) < 4.78 is 6.84. The molecule has 0 bridgehead atoms. The molecule has 1 aromatic heterocycles. The molecule has 0 saturated carbocycles. The number of aromatic nitrogens is 1. The number of carbonyl (C=O) groups excluding carboxylic acids is 1.